The van der Waals surface area contributed by atoms with Gasteiger partial charge >= 0.3 is 0 Å². The molecule has 1 fully saturated rings. The van der Waals surface area contributed by atoms with Crippen LogP contribution in [0, 0.1) is 5.92 Å². The standard InChI is InChI=1S/C10H16N2O/c1-12-7-9(6-11-12)10(13)5-8-3-2-4-8/h6-8,10,13H,2-5H2,1H3. The van der Waals surface area contributed by atoms with Crippen LogP contribution in [0.3, 0.4) is 0 Å². The molecular formula is C10H16N2O. The molecule has 1 aliphatic carbocycles. The van der Waals surface area contributed by atoms with Crippen molar-refractivity contribution in [2.75, 3.05) is 0 Å². The van der Waals surface area contributed by atoms with Crippen molar-refractivity contribution in [3.8, 4) is 0 Å². The van der Waals surface area contributed by atoms with E-state index in [-0.39, 0.29) is 6.10 Å². The van der Waals surface area contributed by atoms with E-state index in [1.165, 1.54) is 19.3 Å². The fraction of sp³-hybridized carbons (Fsp3) is 0.700. The zero-order chi connectivity index (χ0) is 9.26. The third kappa shape index (κ3) is 1.91. The van der Waals surface area contributed by atoms with E-state index in [1.54, 1.807) is 10.9 Å². The number of aryl methyl sites for hydroxylation is 1. The molecule has 1 heterocycles. The summed E-state index contributed by atoms with van der Waals surface area (Å²) < 4.78 is 1.74. The van der Waals surface area contributed by atoms with Gasteiger partial charge in [-0.2, -0.15) is 5.10 Å². The predicted molar refractivity (Wildman–Crippen MR) is 50.1 cm³/mol. The maximum atomic E-state index is 9.82. The van der Waals surface area contributed by atoms with Crippen LogP contribution < -0.4 is 0 Å². The van der Waals surface area contributed by atoms with E-state index in [0.717, 1.165) is 17.9 Å². The molecule has 0 amide bonds. The first-order valence-electron chi connectivity index (χ1n) is 4.92. The molecule has 0 aliphatic heterocycles. The van der Waals surface area contributed by atoms with Crippen LogP contribution in [0.5, 0.6) is 0 Å². The van der Waals surface area contributed by atoms with Crippen LogP contribution in [0.25, 0.3) is 0 Å². The maximum Gasteiger partial charge on any atom is 0.0823 e. The van der Waals surface area contributed by atoms with Gasteiger partial charge in [-0.25, -0.2) is 0 Å². The third-order valence-electron chi connectivity index (χ3n) is 2.89. The molecule has 1 aromatic rings. The first-order chi connectivity index (χ1) is 6.25. The van der Waals surface area contributed by atoms with Crippen molar-refractivity contribution in [2.24, 2.45) is 13.0 Å². The van der Waals surface area contributed by atoms with Gasteiger partial charge in [0.2, 0.25) is 0 Å². The molecule has 0 radical (unpaired) electrons. The Labute approximate surface area is 78.4 Å². The quantitative estimate of drug-likeness (QED) is 0.768. The van der Waals surface area contributed by atoms with Crippen LogP contribution in [0.1, 0.15) is 37.4 Å². The van der Waals surface area contributed by atoms with Crippen molar-refractivity contribution in [1.29, 1.82) is 0 Å². The van der Waals surface area contributed by atoms with Gasteiger partial charge < -0.3 is 5.11 Å². The Kier molecular flexibility index (Phi) is 2.36. The molecule has 0 bridgehead atoms. The molecule has 72 valence electrons. The summed E-state index contributed by atoms with van der Waals surface area (Å²) in [5.74, 6) is 0.746. The van der Waals surface area contributed by atoms with Crippen LogP contribution in [-0.2, 0) is 7.05 Å². The Bertz CT molecular complexity index is 278. The highest BCUT2D eigenvalue weighted by molar-refractivity contribution is 5.07. The van der Waals surface area contributed by atoms with E-state index < -0.39 is 0 Å². The smallest absolute Gasteiger partial charge is 0.0823 e. The molecule has 2 rings (SSSR count). The summed E-state index contributed by atoms with van der Waals surface area (Å²) in [5.41, 5.74) is 0.953. The van der Waals surface area contributed by atoms with E-state index in [9.17, 15) is 5.11 Å². The van der Waals surface area contributed by atoms with Crippen molar-refractivity contribution in [3.63, 3.8) is 0 Å². The summed E-state index contributed by atoms with van der Waals surface area (Å²) in [6.07, 6.45) is 8.16. The van der Waals surface area contributed by atoms with E-state index in [0.29, 0.717) is 0 Å². The number of hydrogen-bond acceptors (Lipinski definition) is 2. The molecule has 1 unspecified atom stereocenters. The normalized spacial score (nSPS) is 19.8. The number of nitrogens with zero attached hydrogens (tertiary/aromatic N) is 2. The summed E-state index contributed by atoms with van der Waals surface area (Å²) >= 11 is 0. The second-order valence-corrected chi connectivity index (χ2v) is 4.00. The average Bonchev–Trinajstić information content (AvgIpc) is 2.44. The largest absolute Gasteiger partial charge is 0.388 e. The molecule has 0 aromatic carbocycles. The highest BCUT2D eigenvalue weighted by Crippen LogP contribution is 2.34. The highest BCUT2D eigenvalue weighted by atomic mass is 16.3. The van der Waals surface area contributed by atoms with Crippen molar-refractivity contribution < 1.29 is 5.11 Å². The number of rotatable bonds is 3. The lowest BCUT2D eigenvalue weighted by Gasteiger charge is -2.27. The molecule has 13 heavy (non-hydrogen) atoms. The summed E-state index contributed by atoms with van der Waals surface area (Å²) in [7, 11) is 1.87. The Morgan fingerprint density at radius 1 is 1.69 bits per heavy atom. The van der Waals surface area contributed by atoms with Crippen LogP contribution >= 0.6 is 0 Å². The van der Waals surface area contributed by atoms with Crippen molar-refractivity contribution in [2.45, 2.75) is 31.8 Å². The summed E-state index contributed by atoms with van der Waals surface area (Å²) in [5, 5.41) is 13.9. The van der Waals surface area contributed by atoms with E-state index in [1.807, 2.05) is 13.2 Å². The second kappa shape index (κ2) is 3.50. The summed E-state index contributed by atoms with van der Waals surface area (Å²) in [6, 6.07) is 0. The van der Waals surface area contributed by atoms with Gasteiger partial charge in [-0.1, -0.05) is 19.3 Å². The predicted octanol–water partition coefficient (Wildman–Crippen LogP) is 1.64. The lowest BCUT2D eigenvalue weighted by atomic mass is 9.81. The molecule has 1 aliphatic rings. The van der Waals surface area contributed by atoms with Gasteiger partial charge in [-0.15, -0.1) is 0 Å². The van der Waals surface area contributed by atoms with Gasteiger partial charge in [0.05, 0.1) is 12.3 Å². The minimum absolute atomic E-state index is 0.306. The molecule has 3 heteroatoms. The van der Waals surface area contributed by atoms with E-state index in [2.05, 4.69) is 5.10 Å². The zero-order valence-electron chi connectivity index (χ0n) is 7.98. The van der Waals surface area contributed by atoms with E-state index >= 15 is 0 Å². The molecule has 0 saturated heterocycles. The number of hydrogen-bond donors (Lipinski definition) is 1. The highest BCUT2D eigenvalue weighted by Gasteiger charge is 2.22. The Morgan fingerprint density at radius 3 is 2.92 bits per heavy atom. The van der Waals surface area contributed by atoms with Crippen molar-refractivity contribution in [3.05, 3.63) is 18.0 Å². The van der Waals surface area contributed by atoms with Gasteiger partial charge in [-0.3, -0.25) is 4.68 Å². The lowest BCUT2D eigenvalue weighted by molar-refractivity contribution is 0.118. The molecule has 3 nitrogen and oxygen atoms in total. The van der Waals surface area contributed by atoms with Gasteiger partial charge in [0.1, 0.15) is 0 Å². The van der Waals surface area contributed by atoms with Crippen LogP contribution in [0.15, 0.2) is 12.4 Å². The first kappa shape index (κ1) is 8.75. The summed E-state index contributed by atoms with van der Waals surface area (Å²) in [6.45, 7) is 0. The number of aliphatic hydroxyl groups excluding tert-OH is 1. The third-order valence-corrected chi connectivity index (χ3v) is 2.89. The zero-order valence-corrected chi connectivity index (χ0v) is 7.98. The topological polar surface area (TPSA) is 38.0 Å². The maximum absolute atomic E-state index is 9.82. The Balaban J connectivity index is 1.92. The van der Waals surface area contributed by atoms with Crippen molar-refractivity contribution >= 4 is 0 Å². The van der Waals surface area contributed by atoms with Crippen LogP contribution in [0.2, 0.25) is 0 Å². The monoisotopic (exact) mass is 180 g/mol. The summed E-state index contributed by atoms with van der Waals surface area (Å²) in [4.78, 5) is 0. The minimum Gasteiger partial charge on any atom is -0.388 e. The van der Waals surface area contributed by atoms with Gasteiger partial charge in [0.25, 0.3) is 0 Å². The Hall–Kier alpha value is -0.830. The Morgan fingerprint density at radius 2 is 2.46 bits per heavy atom. The van der Waals surface area contributed by atoms with E-state index in [4.69, 9.17) is 0 Å². The van der Waals surface area contributed by atoms with Crippen molar-refractivity contribution in [1.82, 2.24) is 9.78 Å². The molecule has 1 atom stereocenters. The minimum atomic E-state index is -0.306. The van der Waals surface area contributed by atoms with Gasteiger partial charge in [-0.05, 0) is 12.3 Å². The molecule has 1 aromatic heterocycles. The van der Waals surface area contributed by atoms with Crippen LogP contribution in [0.4, 0.5) is 0 Å². The van der Waals surface area contributed by atoms with Crippen LogP contribution in [-0.4, -0.2) is 14.9 Å². The SMILES string of the molecule is Cn1cc(C(O)CC2CCC2)cn1. The molecule has 0 spiro atoms. The molecule has 1 N–H and O–H groups in total. The first-order valence-corrected chi connectivity index (χ1v) is 4.92. The molecule has 1 saturated carbocycles. The van der Waals surface area contributed by atoms with Gasteiger partial charge in [0, 0.05) is 18.8 Å². The second-order valence-electron chi connectivity index (χ2n) is 4.00. The molecular weight excluding hydrogens is 164 g/mol. The lowest BCUT2D eigenvalue weighted by Crippen LogP contribution is -2.14. The average molecular weight is 180 g/mol. The number of aromatic nitrogens is 2. The number of aliphatic hydroxyl groups is 1. The fourth-order valence-corrected chi connectivity index (χ4v) is 1.79. The van der Waals surface area contributed by atoms with Gasteiger partial charge in [0.15, 0.2) is 0 Å². The fourth-order valence-electron chi connectivity index (χ4n) is 1.79.